The van der Waals surface area contributed by atoms with Gasteiger partial charge in [0.15, 0.2) is 0 Å². The van der Waals surface area contributed by atoms with Crippen LogP contribution in [0.2, 0.25) is 0 Å². The molecule has 1 amide bonds. The topological polar surface area (TPSA) is 64.7 Å². The molecule has 2 atom stereocenters. The number of hydrogen-bond donors (Lipinski definition) is 1. The Morgan fingerprint density at radius 2 is 2.21 bits per heavy atom. The minimum Gasteiger partial charge on any atom is -0.346 e. The molecule has 2 unspecified atom stereocenters. The van der Waals surface area contributed by atoms with Crippen LogP contribution in [0.25, 0.3) is 11.0 Å². The number of nitrogens with zero attached hydrogens (tertiary/aromatic N) is 4. The Morgan fingerprint density at radius 3 is 3.08 bits per heavy atom. The van der Waals surface area contributed by atoms with E-state index in [0.29, 0.717) is 19.0 Å². The van der Waals surface area contributed by atoms with Gasteiger partial charge in [0.2, 0.25) is 5.91 Å². The van der Waals surface area contributed by atoms with Crippen LogP contribution >= 0.6 is 0 Å². The summed E-state index contributed by atoms with van der Waals surface area (Å²) in [6.07, 6.45) is 5.12. The number of hydrogen-bond acceptors (Lipinski definition) is 3. The average molecular weight is 323 g/mol. The summed E-state index contributed by atoms with van der Waals surface area (Å²) >= 11 is 0. The molecule has 124 valence electrons. The lowest BCUT2D eigenvalue weighted by molar-refractivity contribution is -0.122. The molecule has 0 bridgehead atoms. The molecular formula is C18H21N5O. The van der Waals surface area contributed by atoms with Gasteiger partial charge in [0.25, 0.3) is 0 Å². The Balaban J connectivity index is 1.43. The fourth-order valence-corrected chi connectivity index (χ4v) is 3.61. The molecule has 1 aliphatic rings. The normalized spacial score (nSPS) is 19.6. The zero-order valence-corrected chi connectivity index (χ0v) is 13.9. The van der Waals surface area contributed by atoms with Crippen molar-refractivity contribution in [2.24, 2.45) is 0 Å². The number of amides is 1. The smallest absolute Gasteiger partial charge is 0.222 e. The number of aromatic nitrogens is 4. The zero-order chi connectivity index (χ0) is 16.7. The summed E-state index contributed by atoms with van der Waals surface area (Å²) in [6, 6.07) is 8.42. The molecule has 0 radical (unpaired) electrons. The number of para-hydroxylation sites is 2. The third kappa shape index (κ3) is 2.48. The second-order valence-electron chi connectivity index (χ2n) is 6.45. The SMILES string of the molecule is Cc1nc2ccccc2n1CCC(=O)NC1CC(C)n2ccnc21. The van der Waals surface area contributed by atoms with Gasteiger partial charge in [0.1, 0.15) is 11.6 Å². The van der Waals surface area contributed by atoms with Crippen LogP contribution in [0.15, 0.2) is 36.7 Å². The van der Waals surface area contributed by atoms with E-state index in [2.05, 4.69) is 31.3 Å². The molecule has 0 aliphatic carbocycles. The third-order valence-electron chi connectivity index (χ3n) is 4.81. The maximum absolute atomic E-state index is 12.4. The Morgan fingerprint density at radius 1 is 1.38 bits per heavy atom. The highest BCUT2D eigenvalue weighted by Crippen LogP contribution is 2.32. The standard InChI is InChI=1S/C18H21N5O/c1-12-11-15(18-19-8-10-22(12)18)21-17(24)7-9-23-13(2)20-14-5-3-4-6-16(14)23/h3-6,8,10,12,15H,7,9,11H2,1-2H3,(H,21,24). The van der Waals surface area contributed by atoms with Gasteiger partial charge >= 0.3 is 0 Å². The fraction of sp³-hybridized carbons (Fsp3) is 0.389. The summed E-state index contributed by atoms with van der Waals surface area (Å²) in [5.74, 6) is 1.95. The van der Waals surface area contributed by atoms with E-state index in [9.17, 15) is 4.79 Å². The summed E-state index contributed by atoms with van der Waals surface area (Å²) in [5, 5.41) is 3.13. The maximum Gasteiger partial charge on any atom is 0.222 e. The highest BCUT2D eigenvalue weighted by molar-refractivity contribution is 5.78. The van der Waals surface area contributed by atoms with E-state index in [-0.39, 0.29) is 11.9 Å². The van der Waals surface area contributed by atoms with Crippen molar-refractivity contribution in [2.75, 3.05) is 0 Å². The molecule has 0 spiro atoms. The van der Waals surface area contributed by atoms with Crippen molar-refractivity contribution in [3.8, 4) is 0 Å². The van der Waals surface area contributed by atoms with Gasteiger partial charge in [-0.05, 0) is 32.4 Å². The predicted molar refractivity (Wildman–Crippen MR) is 91.5 cm³/mol. The van der Waals surface area contributed by atoms with Crippen LogP contribution in [0.4, 0.5) is 0 Å². The van der Waals surface area contributed by atoms with E-state index in [1.807, 2.05) is 37.4 Å². The molecule has 1 aliphatic heterocycles. The van der Waals surface area contributed by atoms with Crippen LogP contribution in [0.5, 0.6) is 0 Å². The lowest BCUT2D eigenvalue weighted by Crippen LogP contribution is -2.28. The lowest BCUT2D eigenvalue weighted by atomic mass is 10.1. The lowest BCUT2D eigenvalue weighted by Gasteiger charge is -2.12. The van der Waals surface area contributed by atoms with Crippen molar-refractivity contribution in [2.45, 2.75) is 45.3 Å². The van der Waals surface area contributed by atoms with E-state index in [0.717, 1.165) is 29.1 Å². The van der Waals surface area contributed by atoms with Gasteiger partial charge in [0, 0.05) is 31.4 Å². The van der Waals surface area contributed by atoms with E-state index in [1.54, 1.807) is 6.20 Å². The molecule has 3 aromatic rings. The zero-order valence-electron chi connectivity index (χ0n) is 13.9. The quantitative estimate of drug-likeness (QED) is 0.803. The van der Waals surface area contributed by atoms with Crippen LogP contribution in [0, 0.1) is 6.92 Å². The molecule has 6 nitrogen and oxygen atoms in total. The fourth-order valence-electron chi connectivity index (χ4n) is 3.61. The van der Waals surface area contributed by atoms with Crippen molar-refractivity contribution in [1.29, 1.82) is 0 Å². The molecule has 2 aromatic heterocycles. The third-order valence-corrected chi connectivity index (χ3v) is 4.81. The molecule has 3 heterocycles. The highest BCUT2D eigenvalue weighted by Gasteiger charge is 2.29. The average Bonchev–Trinajstić information content (AvgIpc) is 3.22. The van der Waals surface area contributed by atoms with Crippen LogP contribution in [-0.4, -0.2) is 25.0 Å². The highest BCUT2D eigenvalue weighted by atomic mass is 16.1. The van der Waals surface area contributed by atoms with Gasteiger partial charge in [0.05, 0.1) is 17.1 Å². The Kier molecular flexibility index (Phi) is 3.59. The minimum atomic E-state index is 0.0168. The number of carbonyl (C=O) groups excluding carboxylic acids is 1. The number of rotatable bonds is 4. The Bertz CT molecular complexity index is 894. The van der Waals surface area contributed by atoms with Crippen molar-refractivity contribution in [3.63, 3.8) is 0 Å². The van der Waals surface area contributed by atoms with Gasteiger partial charge in [-0.3, -0.25) is 4.79 Å². The molecular weight excluding hydrogens is 302 g/mol. The van der Waals surface area contributed by atoms with Gasteiger partial charge in [-0.2, -0.15) is 0 Å². The van der Waals surface area contributed by atoms with E-state index in [4.69, 9.17) is 0 Å². The summed E-state index contributed by atoms with van der Waals surface area (Å²) in [5.41, 5.74) is 2.05. The van der Waals surface area contributed by atoms with Crippen molar-refractivity contribution in [3.05, 3.63) is 48.3 Å². The van der Waals surface area contributed by atoms with E-state index < -0.39 is 0 Å². The molecule has 0 saturated carbocycles. The predicted octanol–water partition coefficient (Wildman–Crippen LogP) is 2.75. The maximum atomic E-state index is 12.4. The van der Waals surface area contributed by atoms with Crippen LogP contribution in [-0.2, 0) is 11.3 Å². The summed E-state index contributed by atoms with van der Waals surface area (Å²) in [6.45, 7) is 4.76. The van der Waals surface area contributed by atoms with Crippen LogP contribution in [0.1, 0.15) is 43.5 Å². The summed E-state index contributed by atoms with van der Waals surface area (Å²) < 4.78 is 4.24. The van der Waals surface area contributed by atoms with Crippen LogP contribution in [0.3, 0.4) is 0 Å². The number of nitrogens with one attached hydrogen (secondary N) is 1. The first-order valence-electron chi connectivity index (χ1n) is 8.37. The number of benzene rings is 1. The molecule has 0 fully saturated rings. The number of fused-ring (bicyclic) bond motifs is 2. The van der Waals surface area contributed by atoms with Crippen molar-refractivity contribution >= 4 is 16.9 Å². The number of imidazole rings is 2. The van der Waals surface area contributed by atoms with Crippen molar-refractivity contribution in [1.82, 2.24) is 24.4 Å². The molecule has 1 N–H and O–H groups in total. The molecule has 6 heteroatoms. The second-order valence-corrected chi connectivity index (χ2v) is 6.45. The number of aryl methyl sites for hydroxylation is 2. The van der Waals surface area contributed by atoms with Gasteiger partial charge < -0.3 is 14.5 Å². The van der Waals surface area contributed by atoms with Crippen LogP contribution < -0.4 is 5.32 Å². The first kappa shape index (κ1) is 14.9. The van der Waals surface area contributed by atoms with Crippen molar-refractivity contribution < 1.29 is 4.79 Å². The van der Waals surface area contributed by atoms with Gasteiger partial charge in [-0.25, -0.2) is 9.97 Å². The largest absolute Gasteiger partial charge is 0.346 e. The number of carbonyl (C=O) groups is 1. The Labute approximate surface area is 140 Å². The molecule has 4 rings (SSSR count). The minimum absolute atomic E-state index is 0.0168. The van der Waals surface area contributed by atoms with E-state index >= 15 is 0 Å². The monoisotopic (exact) mass is 323 g/mol. The first-order chi connectivity index (χ1) is 11.6. The first-order valence-corrected chi connectivity index (χ1v) is 8.37. The van der Waals surface area contributed by atoms with Gasteiger partial charge in [-0.15, -0.1) is 0 Å². The van der Waals surface area contributed by atoms with Gasteiger partial charge in [-0.1, -0.05) is 12.1 Å². The molecule has 24 heavy (non-hydrogen) atoms. The van der Waals surface area contributed by atoms with E-state index in [1.165, 1.54) is 0 Å². The summed E-state index contributed by atoms with van der Waals surface area (Å²) in [7, 11) is 0. The molecule has 0 saturated heterocycles. The second kappa shape index (κ2) is 5.78. The molecule has 1 aromatic carbocycles. The Hall–Kier alpha value is -2.63. The summed E-state index contributed by atoms with van der Waals surface area (Å²) in [4.78, 5) is 21.3.